The summed E-state index contributed by atoms with van der Waals surface area (Å²) in [5.74, 6) is -1.20. The quantitative estimate of drug-likeness (QED) is 0.846. The normalized spacial score (nSPS) is 26.9. The van der Waals surface area contributed by atoms with Crippen molar-refractivity contribution in [2.24, 2.45) is 5.41 Å². The van der Waals surface area contributed by atoms with E-state index >= 15 is 0 Å². The minimum atomic E-state index is -4.50. The van der Waals surface area contributed by atoms with Gasteiger partial charge in [0.15, 0.2) is 0 Å². The fourth-order valence-corrected chi connectivity index (χ4v) is 3.27. The second-order valence-electron chi connectivity index (χ2n) is 6.30. The summed E-state index contributed by atoms with van der Waals surface area (Å²) in [6.07, 6.45) is -4.76. The Morgan fingerprint density at radius 1 is 1.26 bits per heavy atom. The number of rotatable bonds is 2. The number of halogens is 4. The first-order valence-electron chi connectivity index (χ1n) is 7.63. The van der Waals surface area contributed by atoms with Crippen molar-refractivity contribution in [3.63, 3.8) is 0 Å². The van der Waals surface area contributed by atoms with Gasteiger partial charge in [-0.15, -0.1) is 0 Å². The van der Waals surface area contributed by atoms with Gasteiger partial charge in [0.25, 0.3) is 0 Å². The molecule has 7 heteroatoms. The molecule has 23 heavy (non-hydrogen) atoms. The van der Waals surface area contributed by atoms with Crippen molar-refractivity contribution in [1.29, 1.82) is 0 Å². The van der Waals surface area contributed by atoms with Crippen molar-refractivity contribution in [3.05, 3.63) is 35.6 Å². The van der Waals surface area contributed by atoms with Crippen LogP contribution in [0.4, 0.5) is 17.6 Å². The van der Waals surface area contributed by atoms with Crippen molar-refractivity contribution in [2.75, 3.05) is 13.1 Å². The second-order valence-corrected chi connectivity index (χ2v) is 6.30. The number of nitrogens with zero attached hydrogens (tertiary/aromatic N) is 1. The fourth-order valence-electron chi connectivity index (χ4n) is 3.27. The molecule has 126 valence electrons. The van der Waals surface area contributed by atoms with Gasteiger partial charge in [-0.1, -0.05) is 12.1 Å². The van der Waals surface area contributed by atoms with Crippen LogP contribution in [0.1, 0.15) is 31.4 Å². The summed E-state index contributed by atoms with van der Waals surface area (Å²) in [5.41, 5.74) is -1.43. The summed E-state index contributed by atoms with van der Waals surface area (Å²) in [6, 6.07) is 5.06. The number of hydrogen-bond donors (Lipinski definition) is 1. The Balaban J connectivity index is 1.81. The van der Waals surface area contributed by atoms with E-state index in [2.05, 4.69) is 5.32 Å². The summed E-state index contributed by atoms with van der Waals surface area (Å²) in [5, 5.41) is 3.20. The maximum absolute atomic E-state index is 13.2. The van der Waals surface area contributed by atoms with Gasteiger partial charge in [-0.3, -0.25) is 4.79 Å². The topological polar surface area (TPSA) is 32.3 Å². The standard InChI is InChI=1S/C16H18F4N2O/c1-10-13(11-2-4-12(17)5-3-11)21-8-9-22(10)14(23)15(6-7-15)16(18,19)20/h2-5,10,13,21H,6-9H2,1H3. The predicted octanol–water partition coefficient (Wildman–Crippen LogP) is 3.03. The van der Waals surface area contributed by atoms with E-state index < -0.39 is 23.5 Å². The molecule has 1 aromatic carbocycles. The molecule has 2 atom stereocenters. The predicted molar refractivity (Wildman–Crippen MR) is 76.0 cm³/mol. The van der Waals surface area contributed by atoms with Gasteiger partial charge in [0.1, 0.15) is 11.2 Å². The molecule has 2 unspecified atom stereocenters. The Kier molecular flexibility index (Phi) is 3.86. The van der Waals surface area contributed by atoms with Crippen molar-refractivity contribution in [1.82, 2.24) is 10.2 Å². The lowest BCUT2D eigenvalue weighted by atomic mass is 9.94. The minimum absolute atomic E-state index is 0.132. The van der Waals surface area contributed by atoms with Gasteiger partial charge in [-0.2, -0.15) is 13.2 Å². The molecule has 0 spiro atoms. The van der Waals surface area contributed by atoms with Crippen LogP contribution >= 0.6 is 0 Å². The first kappa shape index (κ1) is 16.2. The fraction of sp³-hybridized carbons (Fsp3) is 0.562. The lowest BCUT2D eigenvalue weighted by Crippen LogP contribution is -2.57. The molecule has 1 aliphatic heterocycles. The van der Waals surface area contributed by atoms with Crippen molar-refractivity contribution in [3.8, 4) is 0 Å². The molecular weight excluding hydrogens is 312 g/mol. The number of alkyl halides is 3. The Bertz CT molecular complexity index is 595. The first-order chi connectivity index (χ1) is 10.8. The molecule has 0 bridgehead atoms. The highest BCUT2D eigenvalue weighted by Gasteiger charge is 2.69. The molecule has 0 aromatic heterocycles. The first-order valence-corrected chi connectivity index (χ1v) is 7.63. The number of nitrogens with one attached hydrogen (secondary N) is 1. The third-order valence-electron chi connectivity index (χ3n) is 4.88. The van der Waals surface area contributed by atoms with Crippen LogP contribution in [-0.4, -0.2) is 36.1 Å². The second kappa shape index (κ2) is 5.47. The Morgan fingerprint density at radius 2 is 1.87 bits per heavy atom. The van der Waals surface area contributed by atoms with Crippen molar-refractivity contribution >= 4 is 5.91 Å². The van der Waals surface area contributed by atoms with Gasteiger partial charge >= 0.3 is 6.18 Å². The number of carbonyl (C=O) groups excluding carboxylic acids is 1. The van der Waals surface area contributed by atoms with Crippen LogP contribution in [0.2, 0.25) is 0 Å². The molecule has 1 saturated heterocycles. The monoisotopic (exact) mass is 330 g/mol. The molecule has 1 saturated carbocycles. The van der Waals surface area contributed by atoms with Gasteiger partial charge in [-0.25, -0.2) is 4.39 Å². The molecule has 3 rings (SSSR count). The zero-order valence-corrected chi connectivity index (χ0v) is 12.7. The molecule has 1 heterocycles. The zero-order valence-electron chi connectivity index (χ0n) is 12.7. The van der Waals surface area contributed by atoms with E-state index in [1.165, 1.54) is 17.0 Å². The zero-order chi connectivity index (χ0) is 16.8. The van der Waals surface area contributed by atoms with Gasteiger partial charge < -0.3 is 10.2 Å². The smallest absolute Gasteiger partial charge is 0.336 e. The number of hydrogen-bond acceptors (Lipinski definition) is 2. The third-order valence-corrected chi connectivity index (χ3v) is 4.88. The Labute approximate surface area is 131 Å². The van der Waals surface area contributed by atoms with E-state index in [0.717, 1.165) is 5.56 Å². The van der Waals surface area contributed by atoms with E-state index in [1.54, 1.807) is 19.1 Å². The summed E-state index contributed by atoms with van der Waals surface area (Å²) < 4.78 is 52.6. The molecule has 0 radical (unpaired) electrons. The maximum Gasteiger partial charge on any atom is 0.403 e. The molecule has 2 fully saturated rings. The highest BCUT2D eigenvalue weighted by molar-refractivity contribution is 5.86. The van der Waals surface area contributed by atoms with E-state index in [9.17, 15) is 22.4 Å². The van der Waals surface area contributed by atoms with Crippen molar-refractivity contribution in [2.45, 2.75) is 38.0 Å². The molecular formula is C16H18F4N2O. The highest BCUT2D eigenvalue weighted by atomic mass is 19.4. The molecule has 2 aliphatic rings. The molecule has 1 aliphatic carbocycles. The van der Waals surface area contributed by atoms with Crippen LogP contribution in [0.3, 0.4) is 0 Å². The number of benzene rings is 1. The van der Waals surface area contributed by atoms with E-state index in [1.807, 2.05) is 0 Å². The maximum atomic E-state index is 13.2. The van der Waals surface area contributed by atoms with Crippen LogP contribution in [0, 0.1) is 11.2 Å². The van der Waals surface area contributed by atoms with Crippen LogP contribution < -0.4 is 5.32 Å². The van der Waals surface area contributed by atoms with Crippen LogP contribution in [-0.2, 0) is 4.79 Å². The Hall–Kier alpha value is -1.63. The molecule has 3 nitrogen and oxygen atoms in total. The van der Waals surface area contributed by atoms with Gasteiger partial charge in [0.2, 0.25) is 5.91 Å². The summed E-state index contributed by atoms with van der Waals surface area (Å²) in [6.45, 7) is 2.38. The third kappa shape index (κ3) is 2.71. The molecule has 1 aromatic rings. The number of amides is 1. The van der Waals surface area contributed by atoms with Crippen LogP contribution in [0.25, 0.3) is 0 Å². The highest BCUT2D eigenvalue weighted by Crippen LogP contribution is 2.59. The Morgan fingerprint density at radius 3 is 2.39 bits per heavy atom. The van der Waals surface area contributed by atoms with Gasteiger partial charge in [0.05, 0.1) is 6.04 Å². The summed E-state index contributed by atoms with van der Waals surface area (Å²) >= 11 is 0. The van der Waals surface area contributed by atoms with Crippen LogP contribution in [0.5, 0.6) is 0 Å². The average Bonchev–Trinajstić information content (AvgIpc) is 3.29. The minimum Gasteiger partial charge on any atom is -0.336 e. The number of piperazine rings is 1. The SMILES string of the molecule is CC1C(c2ccc(F)cc2)NCCN1C(=O)C1(C(F)(F)F)CC1. The average molecular weight is 330 g/mol. The lowest BCUT2D eigenvalue weighted by molar-refractivity contribution is -0.200. The van der Waals surface area contributed by atoms with Crippen molar-refractivity contribution < 1.29 is 22.4 Å². The van der Waals surface area contributed by atoms with E-state index in [4.69, 9.17) is 0 Å². The van der Waals surface area contributed by atoms with E-state index in [0.29, 0.717) is 6.54 Å². The lowest BCUT2D eigenvalue weighted by Gasteiger charge is -2.42. The summed E-state index contributed by atoms with van der Waals surface area (Å²) in [7, 11) is 0. The summed E-state index contributed by atoms with van der Waals surface area (Å²) in [4.78, 5) is 13.8. The molecule has 1 N–H and O–H groups in total. The van der Waals surface area contributed by atoms with E-state index in [-0.39, 0.29) is 31.2 Å². The number of carbonyl (C=O) groups is 1. The van der Waals surface area contributed by atoms with Gasteiger partial charge in [-0.05, 0) is 37.5 Å². The van der Waals surface area contributed by atoms with Crippen LogP contribution in [0.15, 0.2) is 24.3 Å². The molecule has 1 amide bonds. The van der Waals surface area contributed by atoms with Gasteiger partial charge in [0, 0.05) is 19.1 Å². The largest absolute Gasteiger partial charge is 0.403 e.